The molecule has 31 heavy (non-hydrogen) atoms. The largest absolute Gasteiger partial charge is 0.497 e. The number of halogens is 4. The molecule has 3 N–H and O–H groups in total. The summed E-state index contributed by atoms with van der Waals surface area (Å²) in [6, 6.07) is 10.9. The SMILES string of the molecule is COc1cccc(C=C2CCCC(C(C)(C)N)C2(O)c2ccc(Cl)c(C(F)(F)F)c2)c1. The van der Waals surface area contributed by atoms with E-state index in [4.69, 9.17) is 22.1 Å². The third-order valence-corrected chi connectivity index (χ3v) is 6.31. The van der Waals surface area contributed by atoms with Gasteiger partial charge in [0, 0.05) is 11.5 Å². The van der Waals surface area contributed by atoms with Crippen molar-refractivity contribution in [2.75, 3.05) is 7.11 Å². The third kappa shape index (κ3) is 4.76. The van der Waals surface area contributed by atoms with E-state index in [1.165, 1.54) is 12.1 Å². The quantitative estimate of drug-likeness (QED) is 0.581. The van der Waals surface area contributed by atoms with Crippen molar-refractivity contribution in [2.45, 2.75) is 50.4 Å². The second-order valence-electron chi connectivity index (χ2n) is 8.67. The predicted octanol–water partition coefficient (Wildman–Crippen LogP) is 6.18. The van der Waals surface area contributed by atoms with Crippen molar-refractivity contribution in [1.29, 1.82) is 0 Å². The summed E-state index contributed by atoms with van der Waals surface area (Å²) in [6.45, 7) is 3.58. The maximum Gasteiger partial charge on any atom is 0.417 e. The Labute approximate surface area is 185 Å². The summed E-state index contributed by atoms with van der Waals surface area (Å²) in [5.41, 5.74) is 4.48. The van der Waals surface area contributed by atoms with E-state index in [0.29, 0.717) is 24.2 Å². The molecule has 3 nitrogen and oxygen atoms in total. The highest BCUT2D eigenvalue weighted by Crippen LogP contribution is 2.51. The predicted molar refractivity (Wildman–Crippen MR) is 117 cm³/mol. The molecule has 0 aromatic heterocycles. The lowest BCUT2D eigenvalue weighted by molar-refractivity contribution is -0.137. The summed E-state index contributed by atoms with van der Waals surface area (Å²) in [5, 5.41) is 11.7. The average Bonchev–Trinajstić information content (AvgIpc) is 2.68. The molecule has 0 aliphatic heterocycles. The minimum absolute atomic E-state index is 0.140. The summed E-state index contributed by atoms with van der Waals surface area (Å²) in [5.74, 6) is 0.156. The van der Waals surface area contributed by atoms with Gasteiger partial charge in [0.2, 0.25) is 0 Å². The molecule has 0 radical (unpaired) electrons. The van der Waals surface area contributed by atoms with E-state index in [-0.39, 0.29) is 5.56 Å². The third-order valence-electron chi connectivity index (χ3n) is 5.98. The zero-order valence-electron chi connectivity index (χ0n) is 17.8. The Morgan fingerprint density at radius 1 is 1.19 bits per heavy atom. The van der Waals surface area contributed by atoms with Gasteiger partial charge < -0.3 is 15.6 Å². The van der Waals surface area contributed by atoms with Crippen molar-refractivity contribution in [3.63, 3.8) is 0 Å². The Morgan fingerprint density at radius 3 is 2.52 bits per heavy atom. The Morgan fingerprint density at radius 2 is 1.90 bits per heavy atom. The van der Waals surface area contributed by atoms with E-state index in [1.54, 1.807) is 27.0 Å². The molecule has 2 aromatic carbocycles. The molecule has 1 aliphatic rings. The topological polar surface area (TPSA) is 55.5 Å². The zero-order valence-corrected chi connectivity index (χ0v) is 18.5. The Hall–Kier alpha value is -2.02. The van der Waals surface area contributed by atoms with Crippen LogP contribution in [-0.4, -0.2) is 17.8 Å². The average molecular weight is 454 g/mol. The van der Waals surface area contributed by atoms with Crippen LogP contribution in [0.4, 0.5) is 13.2 Å². The summed E-state index contributed by atoms with van der Waals surface area (Å²) >= 11 is 5.84. The molecule has 0 saturated heterocycles. The molecule has 2 unspecified atom stereocenters. The van der Waals surface area contributed by atoms with Crippen LogP contribution in [0.2, 0.25) is 5.02 Å². The van der Waals surface area contributed by atoms with Crippen LogP contribution in [0.1, 0.15) is 49.8 Å². The molecule has 168 valence electrons. The van der Waals surface area contributed by atoms with Crippen molar-refractivity contribution >= 4 is 17.7 Å². The van der Waals surface area contributed by atoms with Gasteiger partial charge in [0.15, 0.2) is 0 Å². The molecule has 7 heteroatoms. The number of rotatable bonds is 4. The van der Waals surface area contributed by atoms with Crippen molar-refractivity contribution in [1.82, 2.24) is 0 Å². The second-order valence-corrected chi connectivity index (χ2v) is 9.08. The standard InChI is InChI=1S/C24H27ClF3NO2/c1-22(2,29)21-9-5-7-16(12-15-6-4-8-18(13-15)31-3)23(21,30)17-10-11-20(25)19(14-17)24(26,27)28/h4,6,8,10-14,21,30H,5,7,9,29H2,1-3H3. The lowest BCUT2D eigenvalue weighted by Crippen LogP contribution is -2.54. The number of methoxy groups -OCH3 is 1. The van der Waals surface area contributed by atoms with Crippen molar-refractivity contribution in [3.05, 3.63) is 69.8 Å². The molecule has 1 saturated carbocycles. The summed E-state index contributed by atoms with van der Waals surface area (Å²) < 4.78 is 46.0. The molecular weight excluding hydrogens is 427 g/mol. The number of ether oxygens (including phenoxy) is 1. The van der Waals surface area contributed by atoms with E-state index >= 15 is 0 Å². The Kier molecular flexibility index (Phi) is 6.47. The monoisotopic (exact) mass is 453 g/mol. The lowest BCUT2D eigenvalue weighted by atomic mass is 9.62. The highest BCUT2D eigenvalue weighted by Gasteiger charge is 2.50. The van der Waals surface area contributed by atoms with Gasteiger partial charge in [0.05, 0.1) is 17.7 Å². The molecule has 0 bridgehead atoms. The van der Waals surface area contributed by atoms with Crippen molar-refractivity contribution in [2.24, 2.45) is 11.7 Å². The molecule has 0 spiro atoms. The first kappa shape index (κ1) is 23.6. The second kappa shape index (κ2) is 8.49. The number of benzene rings is 2. The molecule has 1 aliphatic carbocycles. The van der Waals surface area contributed by atoms with Crippen LogP contribution >= 0.6 is 11.6 Å². The fraction of sp³-hybridized carbons (Fsp3) is 0.417. The number of nitrogens with two attached hydrogens (primary N) is 1. The van der Waals surface area contributed by atoms with E-state index in [9.17, 15) is 18.3 Å². The fourth-order valence-corrected chi connectivity index (χ4v) is 4.74. The van der Waals surface area contributed by atoms with E-state index in [1.807, 2.05) is 24.3 Å². The van der Waals surface area contributed by atoms with Crippen LogP contribution in [-0.2, 0) is 11.8 Å². The maximum atomic E-state index is 13.6. The summed E-state index contributed by atoms with van der Waals surface area (Å²) in [7, 11) is 1.56. The van der Waals surface area contributed by atoms with Crippen LogP contribution in [0.3, 0.4) is 0 Å². The highest BCUT2D eigenvalue weighted by molar-refractivity contribution is 6.31. The maximum absolute atomic E-state index is 13.6. The van der Waals surface area contributed by atoms with Crippen LogP contribution < -0.4 is 10.5 Å². The minimum atomic E-state index is -4.64. The lowest BCUT2D eigenvalue weighted by Gasteiger charge is -2.48. The smallest absolute Gasteiger partial charge is 0.417 e. The first-order valence-electron chi connectivity index (χ1n) is 10.1. The zero-order chi connectivity index (χ0) is 23.0. The van der Waals surface area contributed by atoms with E-state index < -0.39 is 33.8 Å². The number of alkyl halides is 3. The number of aliphatic hydroxyl groups is 1. The molecule has 1 fully saturated rings. The van der Waals surface area contributed by atoms with E-state index in [0.717, 1.165) is 18.1 Å². The Balaban J connectivity index is 2.23. The van der Waals surface area contributed by atoms with Crippen molar-refractivity contribution < 1.29 is 23.0 Å². The van der Waals surface area contributed by atoms with Gasteiger partial charge in [-0.05, 0) is 74.1 Å². The van der Waals surface area contributed by atoms with Gasteiger partial charge in [-0.2, -0.15) is 13.2 Å². The van der Waals surface area contributed by atoms with E-state index in [2.05, 4.69) is 0 Å². The molecule has 0 amide bonds. The van der Waals surface area contributed by atoms with Gasteiger partial charge in [-0.3, -0.25) is 0 Å². The summed E-state index contributed by atoms with van der Waals surface area (Å²) in [6.07, 6.45) is -0.933. The number of hydrogen-bond donors (Lipinski definition) is 2. The first-order chi connectivity index (χ1) is 14.4. The molecule has 3 rings (SSSR count). The van der Waals surface area contributed by atoms with Crippen LogP contribution in [0.15, 0.2) is 48.0 Å². The van der Waals surface area contributed by atoms with Crippen LogP contribution in [0, 0.1) is 5.92 Å². The molecule has 0 heterocycles. The van der Waals surface area contributed by atoms with Crippen molar-refractivity contribution in [3.8, 4) is 5.75 Å². The van der Waals surface area contributed by atoms with Gasteiger partial charge in [0.1, 0.15) is 11.4 Å². The van der Waals surface area contributed by atoms with Gasteiger partial charge in [-0.15, -0.1) is 0 Å². The van der Waals surface area contributed by atoms with Gasteiger partial charge in [-0.25, -0.2) is 0 Å². The normalized spacial score (nSPS) is 23.8. The van der Waals surface area contributed by atoms with Gasteiger partial charge in [-0.1, -0.05) is 35.9 Å². The molecule has 2 aromatic rings. The number of hydrogen-bond acceptors (Lipinski definition) is 3. The first-order valence-corrected chi connectivity index (χ1v) is 10.5. The van der Waals surface area contributed by atoms with Crippen LogP contribution in [0.25, 0.3) is 6.08 Å². The molecule has 2 atom stereocenters. The van der Waals surface area contributed by atoms with Gasteiger partial charge >= 0.3 is 6.18 Å². The molecular formula is C24H27ClF3NO2. The summed E-state index contributed by atoms with van der Waals surface area (Å²) in [4.78, 5) is 0. The van der Waals surface area contributed by atoms with Gasteiger partial charge in [0.25, 0.3) is 0 Å². The fourth-order valence-electron chi connectivity index (χ4n) is 4.51. The Bertz CT molecular complexity index is 982. The minimum Gasteiger partial charge on any atom is -0.497 e. The highest BCUT2D eigenvalue weighted by atomic mass is 35.5. The van der Waals surface area contributed by atoms with Crippen LogP contribution in [0.5, 0.6) is 5.75 Å².